The monoisotopic (exact) mass is 350 g/mol. The van der Waals surface area contributed by atoms with Crippen molar-refractivity contribution >= 4 is 21.4 Å². The number of sulfone groups is 1. The van der Waals surface area contributed by atoms with Gasteiger partial charge in [0, 0.05) is 6.26 Å². The first-order valence-corrected chi connectivity index (χ1v) is 8.24. The molecule has 23 heavy (non-hydrogen) atoms. The number of carbonyl (C=O) groups is 1. The molecule has 1 aliphatic rings. The number of hydrogen-bond acceptors (Lipinski definition) is 5. The van der Waals surface area contributed by atoms with Gasteiger partial charge in [0.15, 0.2) is 16.5 Å². The second kappa shape index (κ2) is 5.26. The van der Waals surface area contributed by atoms with Crippen LogP contribution in [0.15, 0.2) is 34.9 Å². The average molecular weight is 350 g/mol. The van der Waals surface area contributed by atoms with Gasteiger partial charge in [0.2, 0.25) is 11.4 Å². The maximum Gasteiger partial charge on any atom is 0.374 e. The highest BCUT2D eigenvalue weighted by atomic mass is 32.2. The molecule has 9 heteroatoms. The van der Waals surface area contributed by atoms with Gasteiger partial charge in [0.25, 0.3) is 0 Å². The number of ether oxygens (including phenoxy) is 1. The first kappa shape index (κ1) is 17.3. The lowest BCUT2D eigenvalue weighted by Gasteiger charge is -2.32. The Morgan fingerprint density at radius 2 is 1.78 bits per heavy atom. The summed E-state index contributed by atoms with van der Waals surface area (Å²) in [6.07, 6.45) is 0.961. The van der Waals surface area contributed by atoms with Crippen LogP contribution in [0.25, 0.3) is 5.57 Å². The molecule has 1 aromatic rings. The molecule has 1 N–H and O–H groups in total. The van der Waals surface area contributed by atoms with Gasteiger partial charge in [-0.25, -0.2) is 17.6 Å². The third-order valence-corrected chi connectivity index (χ3v) is 4.77. The lowest BCUT2D eigenvalue weighted by molar-refractivity contribution is -0.184. The van der Waals surface area contributed by atoms with Gasteiger partial charge in [0.1, 0.15) is 0 Å². The molecule has 1 heterocycles. The van der Waals surface area contributed by atoms with Crippen molar-refractivity contribution in [2.75, 3.05) is 12.9 Å². The molecular weight excluding hydrogens is 337 g/mol. The lowest BCUT2D eigenvalue weighted by atomic mass is 9.85. The number of esters is 1. The van der Waals surface area contributed by atoms with E-state index in [-0.39, 0.29) is 10.5 Å². The fourth-order valence-electron chi connectivity index (χ4n) is 2.28. The summed E-state index contributed by atoms with van der Waals surface area (Å²) in [7, 11) is -3.51. The van der Waals surface area contributed by atoms with Gasteiger partial charge < -0.3 is 9.84 Å². The molecule has 1 atom stereocenters. The van der Waals surface area contributed by atoms with Crippen LogP contribution in [-0.4, -0.2) is 43.9 Å². The molecule has 0 amide bonds. The molecule has 0 saturated heterocycles. The van der Waals surface area contributed by atoms with Crippen LogP contribution in [0.4, 0.5) is 13.2 Å². The minimum atomic E-state index is -4.07. The molecule has 1 unspecified atom stereocenters. The average Bonchev–Trinajstić information content (AvgIpc) is 2.69. The van der Waals surface area contributed by atoms with Crippen LogP contribution in [-0.2, 0) is 19.4 Å². The maximum absolute atomic E-state index is 13.9. The zero-order valence-electron chi connectivity index (χ0n) is 12.1. The Bertz CT molecular complexity index is 783. The maximum atomic E-state index is 13.9. The van der Waals surface area contributed by atoms with E-state index in [2.05, 4.69) is 4.74 Å². The van der Waals surface area contributed by atoms with E-state index in [4.69, 9.17) is 0 Å². The molecule has 1 aromatic carbocycles. The highest BCUT2D eigenvalue weighted by Gasteiger charge is 2.61. The molecule has 0 radical (unpaired) electrons. The van der Waals surface area contributed by atoms with Crippen molar-refractivity contribution in [3.8, 4) is 0 Å². The lowest BCUT2D eigenvalue weighted by Crippen LogP contribution is -2.48. The molecule has 0 aromatic heterocycles. The Labute approximate surface area is 130 Å². The summed E-state index contributed by atoms with van der Waals surface area (Å²) in [6.45, 7) is -1.32. The Morgan fingerprint density at radius 3 is 2.22 bits per heavy atom. The van der Waals surface area contributed by atoms with E-state index in [0.717, 1.165) is 37.4 Å². The van der Waals surface area contributed by atoms with Gasteiger partial charge in [-0.15, -0.1) is 0 Å². The minimum Gasteiger partial charge on any atom is -0.502 e. The van der Waals surface area contributed by atoms with Gasteiger partial charge in [-0.2, -0.15) is 8.78 Å². The van der Waals surface area contributed by atoms with Crippen LogP contribution in [0.2, 0.25) is 0 Å². The van der Waals surface area contributed by atoms with Crippen molar-refractivity contribution in [2.24, 2.45) is 0 Å². The van der Waals surface area contributed by atoms with Gasteiger partial charge in [-0.05, 0) is 24.6 Å². The zero-order chi connectivity index (χ0) is 17.6. The standard InChI is InChI=1S/C14H13F3O5S/c1-13(14(16,17)7-15)10(11(18)12(19)22-13)8-3-5-9(6-4-8)23(2,20)21/h3-6,18H,7H2,1-2H3. The molecule has 0 saturated carbocycles. The van der Waals surface area contributed by atoms with Gasteiger partial charge in [0.05, 0.1) is 10.5 Å². The van der Waals surface area contributed by atoms with E-state index in [1.807, 2.05) is 0 Å². The summed E-state index contributed by atoms with van der Waals surface area (Å²) in [6, 6.07) is 4.52. The number of aliphatic hydroxyl groups is 1. The van der Waals surface area contributed by atoms with E-state index in [1.54, 1.807) is 0 Å². The molecule has 2 rings (SSSR count). The first-order chi connectivity index (χ1) is 10.4. The third-order valence-electron chi connectivity index (χ3n) is 3.64. The van der Waals surface area contributed by atoms with Gasteiger partial charge in [-0.3, -0.25) is 0 Å². The topological polar surface area (TPSA) is 80.7 Å². The predicted octanol–water partition coefficient (Wildman–Crippen LogP) is 2.28. The van der Waals surface area contributed by atoms with E-state index in [9.17, 15) is 31.5 Å². The van der Waals surface area contributed by atoms with Gasteiger partial charge in [-0.1, -0.05) is 12.1 Å². The Balaban J connectivity index is 2.61. The van der Waals surface area contributed by atoms with Gasteiger partial charge >= 0.3 is 11.9 Å². The molecule has 0 fully saturated rings. The zero-order valence-corrected chi connectivity index (χ0v) is 13.0. The number of hydrogen-bond donors (Lipinski definition) is 1. The first-order valence-electron chi connectivity index (χ1n) is 6.35. The van der Waals surface area contributed by atoms with Crippen molar-refractivity contribution < 1.29 is 36.2 Å². The molecule has 126 valence electrons. The van der Waals surface area contributed by atoms with Crippen LogP contribution in [0.3, 0.4) is 0 Å². The van der Waals surface area contributed by atoms with Crippen LogP contribution >= 0.6 is 0 Å². The van der Waals surface area contributed by atoms with E-state index in [0.29, 0.717) is 0 Å². The Kier molecular flexibility index (Phi) is 3.96. The highest BCUT2D eigenvalue weighted by molar-refractivity contribution is 7.90. The summed E-state index contributed by atoms with van der Waals surface area (Å²) >= 11 is 0. The normalized spacial score (nSPS) is 22.4. The second-order valence-corrected chi connectivity index (χ2v) is 7.30. The Morgan fingerprint density at radius 1 is 1.26 bits per heavy atom. The molecule has 1 aliphatic heterocycles. The Hall–Kier alpha value is -2.03. The van der Waals surface area contributed by atoms with Crippen LogP contribution < -0.4 is 0 Å². The van der Waals surface area contributed by atoms with Crippen molar-refractivity contribution in [3.63, 3.8) is 0 Å². The fraction of sp³-hybridized carbons (Fsp3) is 0.357. The highest BCUT2D eigenvalue weighted by Crippen LogP contribution is 2.48. The number of cyclic esters (lactones) is 1. The number of aliphatic hydroxyl groups excluding tert-OH is 1. The number of rotatable bonds is 4. The third kappa shape index (κ3) is 2.69. The fourth-order valence-corrected chi connectivity index (χ4v) is 2.91. The molecule has 0 bridgehead atoms. The second-order valence-electron chi connectivity index (χ2n) is 5.28. The SMILES string of the molecule is CC1(C(F)(F)CF)OC(=O)C(O)=C1c1ccc(S(C)(=O)=O)cc1. The van der Waals surface area contributed by atoms with Crippen molar-refractivity contribution in [1.82, 2.24) is 0 Å². The summed E-state index contributed by atoms with van der Waals surface area (Å²) in [4.78, 5) is 11.4. The van der Waals surface area contributed by atoms with Crippen molar-refractivity contribution in [2.45, 2.75) is 23.3 Å². The number of halogens is 3. The summed E-state index contributed by atoms with van der Waals surface area (Å²) in [5.41, 5.74) is -3.36. The molecule has 0 spiro atoms. The van der Waals surface area contributed by atoms with E-state index >= 15 is 0 Å². The predicted molar refractivity (Wildman–Crippen MR) is 74.5 cm³/mol. The van der Waals surface area contributed by atoms with Crippen LogP contribution in [0.1, 0.15) is 12.5 Å². The largest absolute Gasteiger partial charge is 0.502 e. The smallest absolute Gasteiger partial charge is 0.374 e. The summed E-state index contributed by atoms with van der Waals surface area (Å²) in [5, 5.41) is 9.77. The van der Waals surface area contributed by atoms with Crippen molar-refractivity contribution in [1.29, 1.82) is 0 Å². The van der Waals surface area contributed by atoms with Crippen LogP contribution in [0.5, 0.6) is 0 Å². The van der Waals surface area contributed by atoms with Crippen LogP contribution in [0, 0.1) is 0 Å². The van der Waals surface area contributed by atoms with E-state index < -0.39 is 45.3 Å². The number of carbonyl (C=O) groups excluding carboxylic acids is 1. The minimum absolute atomic E-state index is 0.0728. The number of alkyl halides is 3. The van der Waals surface area contributed by atoms with Crippen molar-refractivity contribution in [3.05, 3.63) is 35.6 Å². The summed E-state index contributed by atoms with van der Waals surface area (Å²) < 4.78 is 67.8. The number of benzene rings is 1. The molecule has 0 aliphatic carbocycles. The quantitative estimate of drug-likeness (QED) is 0.843. The van der Waals surface area contributed by atoms with E-state index in [1.165, 1.54) is 0 Å². The summed E-state index contributed by atoms with van der Waals surface area (Å²) in [5.74, 6) is -6.53. The molecular formula is C14H13F3O5S. The molecule has 5 nitrogen and oxygen atoms in total.